The summed E-state index contributed by atoms with van der Waals surface area (Å²) in [6.07, 6.45) is -6.89. The van der Waals surface area contributed by atoms with Crippen LogP contribution in [-0.2, 0) is 47.6 Å². The van der Waals surface area contributed by atoms with Crippen molar-refractivity contribution in [2.75, 3.05) is 0 Å². The first-order valence-corrected chi connectivity index (χ1v) is 13.2. The zero-order valence-corrected chi connectivity index (χ0v) is 22.8. The fraction of sp³-hybridized carbons (Fsp3) is 0.769. The van der Waals surface area contributed by atoms with Gasteiger partial charge in [0, 0.05) is 38.0 Å². The summed E-state index contributed by atoms with van der Waals surface area (Å²) in [5.74, 6) is -5.18. The number of halogens is 1. The normalized spacial score (nSPS) is 50.7. The van der Waals surface area contributed by atoms with Gasteiger partial charge >= 0.3 is 23.9 Å². The Hall–Kier alpha value is -2.21. The van der Waals surface area contributed by atoms with Crippen LogP contribution >= 0.6 is 11.6 Å². The molecule has 3 saturated heterocycles. The van der Waals surface area contributed by atoms with Gasteiger partial charge in [0.05, 0.1) is 17.4 Å². The zero-order chi connectivity index (χ0) is 28.1. The first-order chi connectivity index (χ1) is 17.6. The Balaban J connectivity index is 1.75. The summed E-state index contributed by atoms with van der Waals surface area (Å²) < 4.78 is 35.1. The maximum atomic E-state index is 12.9. The summed E-state index contributed by atoms with van der Waals surface area (Å²) in [6, 6.07) is 0. The van der Waals surface area contributed by atoms with Gasteiger partial charge in [-0.25, -0.2) is 0 Å². The van der Waals surface area contributed by atoms with E-state index in [9.17, 15) is 24.3 Å². The molecule has 0 aromatic carbocycles. The van der Waals surface area contributed by atoms with Crippen molar-refractivity contribution in [2.45, 2.75) is 101 Å². The second kappa shape index (κ2) is 8.90. The summed E-state index contributed by atoms with van der Waals surface area (Å²) in [7, 11) is 0. The second-order valence-corrected chi connectivity index (χ2v) is 11.8. The van der Waals surface area contributed by atoms with Crippen LogP contribution in [0.5, 0.6) is 0 Å². The molecule has 11 nitrogen and oxygen atoms in total. The van der Waals surface area contributed by atoms with E-state index in [1.165, 1.54) is 27.7 Å². The number of ether oxygens (including phenoxy) is 6. The van der Waals surface area contributed by atoms with Crippen molar-refractivity contribution in [1.29, 1.82) is 0 Å². The molecular weight excluding hydrogens is 524 g/mol. The predicted molar refractivity (Wildman–Crippen MR) is 128 cm³/mol. The summed E-state index contributed by atoms with van der Waals surface area (Å²) >= 11 is 6.79. The fourth-order valence-electron chi connectivity index (χ4n) is 7.28. The summed E-state index contributed by atoms with van der Waals surface area (Å²) in [4.78, 5) is 49.9. The molecule has 2 saturated carbocycles. The van der Waals surface area contributed by atoms with Crippen molar-refractivity contribution in [1.82, 2.24) is 0 Å². The molecule has 0 spiro atoms. The number of aliphatic hydroxyl groups is 1. The largest absolute Gasteiger partial charge is 0.459 e. The maximum Gasteiger partial charge on any atom is 0.312 e. The lowest BCUT2D eigenvalue weighted by Gasteiger charge is -2.54. The molecule has 0 amide bonds. The SMILES string of the molecule is C=C1[C@@H](Cl)[C@@H]2OC(=O)[C@H](C)[C@@]2(O)[C@H](OC(C)=O)[C@H]2[C@@H](C)[C@@H](OC(C)=O)[C@@H]3O[C@@H]3[C@]2(C)[C@@H](OC(C)=O)[C@@H]2O[C@H]12. The van der Waals surface area contributed by atoms with Gasteiger partial charge in [0.2, 0.25) is 0 Å². The van der Waals surface area contributed by atoms with Crippen LogP contribution in [0.15, 0.2) is 12.2 Å². The van der Waals surface area contributed by atoms with Gasteiger partial charge in [-0.3, -0.25) is 19.2 Å². The van der Waals surface area contributed by atoms with Crippen LogP contribution in [0.25, 0.3) is 0 Å². The van der Waals surface area contributed by atoms with Crippen LogP contribution in [0.3, 0.4) is 0 Å². The lowest BCUT2D eigenvalue weighted by Crippen LogP contribution is -2.69. The molecule has 5 fully saturated rings. The Morgan fingerprint density at radius 1 is 0.947 bits per heavy atom. The van der Waals surface area contributed by atoms with Gasteiger partial charge in [0.15, 0.2) is 11.7 Å². The van der Waals surface area contributed by atoms with E-state index in [4.69, 9.17) is 40.0 Å². The molecule has 12 heteroatoms. The lowest BCUT2D eigenvalue weighted by molar-refractivity contribution is -0.226. The van der Waals surface area contributed by atoms with E-state index >= 15 is 0 Å². The van der Waals surface area contributed by atoms with E-state index in [1.807, 2.05) is 6.92 Å². The smallest absolute Gasteiger partial charge is 0.312 e. The van der Waals surface area contributed by atoms with E-state index in [0.29, 0.717) is 5.57 Å². The van der Waals surface area contributed by atoms with Crippen LogP contribution in [0, 0.1) is 23.2 Å². The molecule has 5 rings (SSSR count). The number of carbonyl (C=O) groups excluding carboxylic acids is 4. The van der Waals surface area contributed by atoms with Crippen molar-refractivity contribution in [3.8, 4) is 0 Å². The average molecular weight is 557 g/mol. The molecule has 0 unspecified atom stereocenters. The molecular formula is C26H33ClO11. The van der Waals surface area contributed by atoms with Crippen molar-refractivity contribution in [3.63, 3.8) is 0 Å². The van der Waals surface area contributed by atoms with Gasteiger partial charge in [-0.05, 0) is 12.5 Å². The molecule has 38 heavy (non-hydrogen) atoms. The number of esters is 4. The minimum Gasteiger partial charge on any atom is -0.459 e. The number of carbonyl (C=O) groups is 4. The van der Waals surface area contributed by atoms with Crippen molar-refractivity contribution >= 4 is 35.5 Å². The monoisotopic (exact) mass is 556 g/mol. The van der Waals surface area contributed by atoms with Crippen molar-refractivity contribution < 1.29 is 52.7 Å². The Morgan fingerprint density at radius 3 is 2.11 bits per heavy atom. The lowest BCUT2D eigenvalue weighted by atomic mass is 9.53. The van der Waals surface area contributed by atoms with Gasteiger partial charge in [-0.15, -0.1) is 11.6 Å². The topological polar surface area (TPSA) is 150 Å². The highest BCUT2D eigenvalue weighted by Crippen LogP contribution is 2.64. The number of alkyl halides is 1. The predicted octanol–water partition coefficient (Wildman–Crippen LogP) is 1.06. The molecule has 0 aromatic heterocycles. The van der Waals surface area contributed by atoms with Gasteiger partial charge in [0.25, 0.3) is 0 Å². The standard InChI is InChI=1S/C26H33ClO11/c1-8-14-20(34-12(5)29)26(32)10(3)24(31)38-21(26)15(27)9(2)17-18(36-17)22(35-13(6)30)25(14,7)23-19(37-23)16(8)33-11(4)28/h8,10,14-23,32H,2H2,1,3-7H3/t8-,10+,14-,15-,16-,17-,18-,19+,20-,21+,22+,23+,25+,26-/m1/s1. The number of fused-ring (bicyclic) bond motifs is 5. The molecule has 1 N–H and O–H groups in total. The first-order valence-electron chi connectivity index (χ1n) is 12.7. The fourth-order valence-corrected chi connectivity index (χ4v) is 7.65. The molecule has 14 atom stereocenters. The van der Waals surface area contributed by atoms with Crippen LogP contribution in [0.4, 0.5) is 0 Å². The molecule has 0 bridgehead atoms. The molecule has 2 aliphatic carbocycles. The van der Waals surface area contributed by atoms with Gasteiger partial charge in [-0.2, -0.15) is 0 Å². The van der Waals surface area contributed by atoms with Crippen molar-refractivity contribution in [2.24, 2.45) is 23.2 Å². The third-order valence-electron chi connectivity index (χ3n) is 9.10. The van der Waals surface area contributed by atoms with Crippen LogP contribution in [-0.4, -0.2) is 88.8 Å². The number of epoxide rings is 2. The first kappa shape index (κ1) is 27.4. The minimum atomic E-state index is -2.12. The minimum absolute atomic E-state index is 0.331. The van der Waals surface area contributed by atoms with E-state index in [2.05, 4.69) is 6.58 Å². The Morgan fingerprint density at radius 2 is 1.53 bits per heavy atom. The maximum absolute atomic E-state index is 12.9. The quantitative estimate of drug-likeness (QED) is 0.175. The Bertz CT molecular complexity index is 1090. The number of hydrogen-bond acceptors (Lipinski definition) is 11. The average Bonchev–Trinajstić information content (AvgIpc) is 3.73. The third-order valence-corrected chi connectivity index (χ3v) is 9.61. The molecule has 5 aliphatic rings. The highest BCUT2D eigenvalue weighted by atomic mass is 35.5. The molecule has 3 heterocycles. The van der Waals surface area contributed by atoms with E-state index in [-0.39, 0.29) is 0 Å². The van der Waals surface area contributed by atoms with Gasteiger partial charge in [-0.1, -0.05) is 20.4 Å². The van der Waals surface area contributed by atoms with Crippen LogP contribution < -0.4 is 0 Å². The highest BCUT2D eigenvalue weighted by molar-refractivity contribution is 6.23. The van der Waals surface area contributed by atoms with Crippen molar-refractivity contribution in [3.05, 3.63) is 12.2 Å². The molecule has 0 aromatic rings. The summed E-state index contributed by atoms with van der Waals surface area (Å²) in [5.41, 5.74) is -2.92. The number of hydrogen-bond donors (Lipinski definition) is 1. The molecule has 0 radical (unpaired) electrons. The highest BCUT2D eigenvalue weighted by Gasteiger charge is 2.78. The Kier molecular flexibility index (Phi) is 6.41. The third kappa shape index (κ3) is 3.80. The van der Waals surface area contributed by atoms with E-state index < -0.39 is 107 Å². The second-order valence-electron chi connectivity index (χ2n) is 11.4. The van der Waals surface area contributed by atoms with Gasteiger partial charge in [0.1, 0.15) is 36.6 Å². The van der Waals surface area contributed by atoms with Crippen LogP contribution in [0.2, 0.25) is 0 Å². The number of rotatable bonds is 3. The van der Waals surface area contributed by atoms with Gasteiger partial charge < -0.3 is 33.5 Å². The molecule has 3 aliphatic heterocycles. The summed E-state index contributed by atoms with van der Waals surface area (Å²) in [6.45, 7) is 12.9. The van der Waals surface area contributed by atoms with E-state index in [0.717, 1.165) is 0 Å². The van der Waals surface area contributed by atoms with Crippen LogP contribution in [0.1, 0.15) is 41.5 Å². The zero-order valence-electron chi connectivity index (χ0n) is 22.0. The van der Waals surface area contributed by atoms with E-state index in [1.54, 1.807) is 6.92 Å². The Labute approximate surface area is 225 Å². The summed E-state index contributed by atoms with van der Waals surface area (Å²) in [5, 5.41) is 11.3. The molecule has 210 valence electrons.